The molecule has 1 heterocycles. The fourth-order valence-corrected chi connectivity index (χ4v) is 2.74. The first kappa shape index (κ1) is 14.5. The Bertz CT molecular complexity index is 386. The number of piperidine rings is 1. The van der Waals surface area contributed by atoms with Gasteiger partial charge in [-0.2, -0.15) is 0 Å². The summed E-state index contributed by atoms with van der Waals surface area (Å²) in [5, 5.41) is 3.47. The molecule has 0 amide bonds. The van der Waals surface area contributed by atoms with Crippen molar-refractivity contribution in [2.75, 3.05) is 19.6 Å². The van der Waals surface area contributed by atoms with Gasteiger partial charge in [0.2, 0.25) is 0 Å². The van der Waals surface area contributed by atoms with Crippen LogP contribution in [0.4, 0.5) is 4.39 Å². The Labute approximate surface area is 116 Å². The van der Waals surface area contributed by atoms with Gasteiger partial charge in [-0.3, -0.25) is 4.90 Å². The summed E-state index contributed by atoms with van der Waals surface area (Å²) in [6.45, 7) is 8.65. The van der Waals surface area contributed by atoms with E-state index in [4.69, 9.17) is 0 Å². The summed E-state index contributed by atoms with van der Waals surface area (Å²) >= 11 is 0. The molecule has 106 valence electrons. The second kappa shape index (κ2) is 7.01. The maximum Gasteiger partial charge on any atom is 0.123 e. The molecule has 1 atom stereocenters. The molecule has 1 saturated heterocycles. The fourth-order valence-electron chi connectivity index (χ4n) is 2.74. The van der Waals surface area contributed by atoms with Crippen molar-refractivity contribution >= 4 is 0 Å². The first-order valence-electron chi connectivity index (χ1n) is 7.34. The Morgan fingerprint density at radius 2 is 2.26 bits per heavy atom. The summed E-state index contributed by atoms with van der Waals surface area (Å²) < 4.78 is 13.2. The van der Waals surface area contributed by atoms with Gasteiger partial charge in [0.05, 0.1) is 0 Å². The van der Waals surface area contributed by atoms with Gasteiger partial charge in [-0.05, 0) is 63.4 Å². The van der Waals surface area contributed by atoms with Gasteiger partial charge in [0.25, 0.3) is 0 Å². The average molecular weight is 264 g/mol. The van der Waals surface area contributed by atoms with Gasteiger partial charge in [0, 0.05) is 19.1 Å². The predicted octanol–water partition coefficient (Wildman–Crippen LogP) is 3.04. The first-order valence-corrected chi connectivity index (χ1v) is 7.34. The molecule has 0 aliphatic carbocycles. The normalized spacial score (nSPS) is 20.2. The third kappa shape index (κ3) is 4.59. The van der Waals surface area contributed by atoms with Crippen molar-refractivity contribution in [3.63, 3.8) is 0 Å². The van der Waals surface area contributed by atoms with Gasteiger partial charge >= 0.3 is 0 Å². The molecular weight excluding hydrogens is 239 g/mol. The Balaban J connectivity index is 1.95. The van der Waals surface area contributed by atoms with Crippen molar-refractivity contribution in [1.82, 2.24) is 10.2 Å². The maximum atomic E-state index is 13.2. The van der Waals surface area contributed by atoms with Crippen molar-refractivity contribution in [2.24, 2.45) is 5.92 Å². The van der Waals surface area contributed by atoms with E-state index in [0.29, 0.717) is 6.04 Å². The molecule has 0 aromatic heterocycles. The molecule has 0 spiro atoms. The summed E-state index contributed by atoms with van der Waals surface area (Å²) in [6.07, 6.45) is 2.58. The van der Waals surface area contributed by atoms with Gasteiger partial charge in [-0.1, -0.05) is 12.1 Å². The van der Waals surface area contributed by atoms with Crippen LogP contribution in [0.1, 0.15) is 32.3 Å². The molecule has 0 bridgehead atoms. The Kier molecular flexibility index (Phi) is 5.34. The zero-order valence-corrected chi connectivity index (χ0v) is 12.0. The summed E-state index contributed by atoms with van der Waals surface area (Å²) in [6, 6.07) is 7.45. The van der Waals surface area contributed by atoms with Crippen molar-refractivity contribution in [3.8, 4) is 0 Å². The highest BCUT2D eigenvalue weighted by Gasteiger charge is 2.19. The van der Waals surface area contributed by atoms with Crippen LogP contribution in [-0.4, -0.2) is 30.6 Å². The molecule has 2 rings (SSSR count). The molecule has 1 aromatic rings. The number of hydrogen-bond donors (Lipinski definition) is 1. The number of hydrogen-bond acceptors (Lipinski definition) is 2. The molecule has 0 saturated carbocycles. The minimum Gasteiger partial charge on any atom is -0.316 e. The molecule has 1 N–H and O–H groups in total. The van der Waals surface area contributed by atoms with E-state index in [1.807, 2.05) is 6.07 Å². The van der Waals surface area contributed by atoms with Crippen LogP contribution in [-0.2, 0) is 6.54 Å². The smallest absolute Gasteiger partial charge is 0.123 e. The van der Waals surface area contributed by atoms with E-state index in [0.717, 1.165) is 37.7 Å². The van der Waals surface area contributed by atoms with Gasteiger partial charge < -0.3 is 5.32 Å². The lowest BCUT2D eigenvalue weighted by Gasteiger charge is -2.32. The third-order valence-corrected chi connectivity index (χ3v) is 3.90. The van der Waals surface area contributed by atoms with E-state index in [-0.39, 0.29) is 5.82 Å². The molecule has 1 aliphatic heterocycles. The second-order valence-electron chi connectivity index (χ2n) is 5.87. The van der Waals surface area contributed by atoms with Gasteiger partial charge in [0.1, 0.15) is 5.82 Å². The van der Waals surface area contributed by atoms with Crippen LogP contribution in [0.15, 0.2) is 24.3 Å². The average Bonchev–Trinajstić information content (AvgIpc) is 2.39. The summed E-state index contributed by atoms with van der Waals surface area (Å²) in [4.78, 5) is 2.45. The summed E-state index contributed by atoms with van der Waals surface area (Å²) in [5.41, 5.74) is 1.07. The molecule has 0 radical (unpaired) electrons. The molecule has 19 heavy (non-hydrogen) atoms. The van der Waals surface area contributed by atoms with Crippen molar-refractivity contribution in [1.29, 1.82) is 0 Å². The van der Waals surface area contributed by atoms with Crippen LogP contribution < -0.4 is 5.32 Å². The van der Waals surface area contributed by atoms with Crippen molar-refractivity contribution in [3.05, 3.63) is 35.6 Å². The van der Waals surface area contributed by atoms with Gasteiger partial charge in [0.15, 0.2) is 0 Å². The van der Waals surface area contributed by atoms with Gasteiger partial charge in [-0.15, -0.1) is 0 Å². The van der Waals surface area contributed by atoms with E-state index >= 15 is 0 Å². The van der Waals surface area contributed by atoms with Crippen molar-refractivity contribution < 1.29 is 4.39 Å². The zero-order valence-electron chi connectivity index (χ0n) is 12.0. The zero-order chi connectivity index (χ0) is 13.7. The minimum absolute atomic E-state index is 0.138. The number of rotatable bonds is 5. The van der Waals surface area contributed by atoms with E-state index in [1.54, 1.807) is 12.1 Å². The maximum absolute atomic E-state index is 13.2. The van der Waals surface area contributed by atoms with Gasteiger partial charge in [-0.25, -0.2) is 4.39 Å². The molecule has 1 unspecified atom stereocenters. The fraction of sp³-hybridized carbons (Fsp3) is 0.625. The number of nitrogens with one attached hydrogen (secondary N) is 1. The van der Waals surface area contributed by atoms with Crippen LogP contribution in [0.25, 0.3) is 0 Å². The minimum atomic E-state index is -0.138. The highest BCUT2D eigenvalue weighted by atomic mass is 19.1. The van der Waals surface area contributed by atoms with E-state index < -0.39 is 0 Å². The monoisotopic (exact) mass is 264 g/mol. The van der Waals surface area contributed by atoms with Crippen LogP contribution in [0, 0.1) is 11.7 Å². The third-order valence-electron chi connectivity index (χ3n) is 3.90. The first-order chi connectivity index (χ1) is 9.15. The lowest BCUT2D eigenvalue weighted by Crippen LogP contribution is -2.40. The Hall–Kier alpha value is -0.930. The lowest BCUT2D eigenvalue weighted by molar-refractivity contribution is 0.164. The SMILES string of the molecule is CC(C)N(Cc1cccc(F)c1)CC1CCCNC1. The highest BCUT2D eigenvalue weighted by Crippen LogP contribution is 2.16. The van der Waals surface area contributed by atoms with E-state index in [2.05, 4.69) is 24.1 Å². The standard InChI is InChI=1S/C16H25FN2/c1-13(2)19(12-15-6-4-8-18-10-15)11-14-5-3-7-16(17)9-14/h3,5,7,9,13,15,18H,4,6,8,10-12H2,1-2H3. The largest absolute Gasteiger partial charge is 0.316 e. The van der Waals surface area contributed by atoms with Crippen LogP contribution in [0.5, 0.6) is 0 Å². The predicted molar refractivity (Wildman–Crippen MR) is 77.5 cm³/mol. The number of benzene rings is 1. The van der Waals surface area contributed by atoms with Crippen LogP contribution >= 0.6 is 0 Å². The van der Waals surface area contributed by atoms with E-state index in [1.165, 1.54) is 18.9 Å². The molecule has 1 aliphatic rings. The van der Waals surface area contributed by atoms with E-state index in [9.17, 15) is 4.39 Å². The number of halogens is 1. The van der Waals surface area contributed by atoms with Crippen LogP contribution in [0.3, 0.4) is 0 Å². The molecular formula is C16H25FN2. The Morgan fingerprint density at radius 1 is 1.42 bits per heavy atom. The summed E-state index contributed by atoms with van der Waals surface area (Å²) in [7, 11) is 0. The molecule has 1 fully saturated rings. The molecule has 3 heteroatoms. The quantitative estimate of drug-likeness (QED) is 0.879. The molecule has 2 nitrogen and oxygen atoms in total. The molecule has 1 aromatic carbocycles. The topological polar surface area (TPSA) is 15.3 Å². The van der Waals surface area contributed by atoms with Crippen LogP contribution in [0.2, 0.25) is 0 Å². The van der Waals surface area contributed by atoms with Crippen molar-refractivity contribution in [2.45, 2.75) is 39.3 Å². The Morgan fingerprint density at radius 3 is 2.89 bits per heavy atom. The summed E-state index contributed by atoms with van der Waals surface area (Å²) in [5.74, 6) is 0.588. The number of nitrogens with zero attached hydrogens (tertiary/aromatic N) is 1. The second-order valence-corrected chi connectivity index (χ2v) is 5.87. The lowest BCUT2D eigenvalue weighted by atomic mass is 9.98. The highest BCUT2D eigenvalue weighted by molar-refractivity contribution is 5.16.